The number of methoxy groups -OCH3 is 1. The van der Waals surface area contributed by atoms with Crippen LogP contribution in [-0.2, 0) is 14.3 Å². The van der Waals surface area contributed by atoms with E-state index in [0.29, 0.717) is 12.3 Å². The summed E-state index contributed by atoms with van der Waals surface area (Å²) in [5.74, 6) is 0.627. The molecule has 1 amide bonds. The second-order valence-electron chi connectivity index (χ2n) is 9.67. The zero-order chi connectivity index (χ0) is 20.2. The zero-order valence-corrected chi connectivity index (χ0v) is 17.4. The van der Waals surface area contributed by atoms with Crippen LogP contribution < -0.4 is 5.73 Å². The van der Waals surface area contributed by atoms with Crippen molar-refractivity contribution in [1.29, 1.82) is 0 Å². The van der Waals surface area contributed by atoms with Crippen molar-refractivity contribution >= 4 is 11.9 Å². The second-order valence-corrected chi connectivity index (χ2v) is 9.67. The Morgan fingerprint density at radius 2 is 1.89 bits per heavy atom. The first kappa shape index (κ1) is 20.4. The summed E-state index contributed by atoms with van der Waals surface area (Å²) >= 11 is 0. The Kier molecular flexibility index (Phi) is 4.99. The van der Waals surface area contributed by atoms with Gasteiger partial charge in [-0.1, -0.05) is 26.8 Å². The molecule has 0 radical (unpaired) electrons. The van der Waals surface area contributed by atoms with Crippen molar-refractivity contribution in [2.24, 2.45) is 39.7 Å². The first-order chi connectivity index (χ1) is 12.6. The number of amides is 1. The summed E-state index contributed by atoms with van der Waals surface area (Å²) < 4.78 is 11.7. The number of nitrogens with two attached hydrogens (primary N) is 1. The third-order valence-electron chi connectivity index (χ3n) is 8.79. The number of hydrogen-bond acceptors (Lipinski definition) is 4. The van der Waals surface area contributed by atoms with Crippen LogP contribution in [-0.4, -0.2) is 31.2 Å². The van der Waals surface area contributed by atoms with Crippen molar-refractivity contribution in [1.82, 2.24) is 0 Å². The fraction of sp³-hybridized carbons (Fsp3) is 0.818. The normalized spacial score (nSPS) is 49.7. The molecule has 0 spiro atoms. The predicted octanol–water partition coefficient (Wildman–Crippen LogP) is 4.10. The van der Waals surface area contributed by atoms with E-state index < -0.39 is 17.6 Å². The van der Waals surface area contributed by atoms with Crippen LogP contribution in [0.2, 0.25) is 0 Å². The summed E-state index contributed by atoms with van der Waals surface area (Å²) in [7, 11) is 1.76. The molecule has 0 heterocycles. The quantitative estimate of drug-likeness (QED) is 0.751. The highest BCUT2D eigenvalue weighted by atomic mass is 16.6. The SMILES string of the molecule is C=C[C@]1(C)C[C@@H](OC(N)=O)[C@]2(C)[C@@H](C)CC[C@]3(CC[C@@H](OC)[C@@H]32)[C@@H](C)C1=O. The lowest BCUT2D eigenvalue weighted by molar-refractivity contribution is -0.188. The highest BCUT2D eigenvalue weighted by Crippen LogP contribution is 2.68. The molecule has 3 fully saturated rings. The minimum atomic E-state index is -0.774. The molecule has 2 N–H and O–H groups in total. The van der Waals surface area contributed by atoms with Crippen LogP contribution >= 0.6 is 0 Å². The molecule has 3 aliphatic carbocycles. The van der Waals surface area contributed by atoms with Crippen LogP contribution in [0.3, 0.4) is 0 Å². The number of carbonyl (C=O) groups excluding carboxylic acids is 2. The molecule has 3 rings (SSSR count). The first-order valence-electron chi connectivity index (χ1n) is 10.2. The van der Waals surface area contributed by atoms with E-state index in [0.717, 1.165) is 25.7 Å². The third-order valence-corrected chi connectivity index (χ3v) is 8.79. The van der Waals surface area contributed by atoms with E-state index in [1.807, 2.05) is 6.92 Å². The van der Waals surface area contributed by atoms with Crippen LogP contribution in [0.15, 0.2) is 12.7 Å². The molecule has 0 aromatic carbocycles. The van der Waals surface area contributed by atoms with Gasteiger partial charge in [0.2, 0.25) is 0 Å². The monoisotopic (exact) mass is 377 g/mol. The van der Waals surface area contributed by atoms with Gasteiger partial charge in [-0.25, -0.2) is 4.79 Å². The Labute approximate surface area is 163 Å². The number of Topliss-reactive ketones (excluding diaryl/α,β-unsaturated/α-hetero) is 1. The lowest BCUT2D eigenvalue weighted by Crippen LogP contribution is -2.63. The largest absolute Gasteiger partial charge is 0.446 e. The molecular formula is C22H35NO4. The number of carbonyl (C=O) groups is 2. The van der Waals surface area contributed by atoms with Gasteiger partial charge in [0, 0.05) is 36.2 Å². The lowest BCUT2D eigenvalue weighted by Gasteiger charge is -2.61. The van der Waals surface area contributed by atoms with Crippen molar-refractivity contribution in [2.45, 2.75) is 72.0 Å². The lowest BCUT2D eigenvalue weighted by atomic mass is 9.44. The fourth-order valence-electron chi connectivity index (χ4n) is 6.93. The standard InChI is InChI=1S/C22H35NO4/c1-7-20(4)12-16(27-19(23)25)21(5)13(2)8-10-22(14(3)18(20)24)11-9-15(26-6)17(21)22/h7,13-17H,1,8-12H2,2-6H3,(H2,23,25)/t13-,14-,15+,16+,17+,20+,21-,22-/m0/s1. The summed E-state index contributed by atoms with van der Waals surface area (Å²) in [4.78, 5) is 25.4. The average Bonchev–Trinajstić information content (AvgIpc) is 3.02. The fourth-order valence-corrected chi connectivity index (χ4v) is 6.93. The molecule has 0 aromatic heterocycles. The molecule has 5 nitrogen and oxygen atoms in total. The van der Waals surface area contributed by atoms with Gasteiger partial charge in [0.25, 0.3) is 0 Å². The van der Waals surface area contributed by atoms with Gasteiger partial charge in [-0.3, -0.25) is 4.79 Å². The molecule has 3 saturated carbocycles. The van der Waals surface area contributed by atoms with Crippen molar-refractivity contribution in [2.75, 3.05) is 7.11 Å². The highest BCUT2D eigenvalue weighted by molar-refractivity contribution is 5.89. The smallest absolute Gasteiger partial charge is 0.404 e. The van der Waals surface area contributed by atoms with E-state index in [2.05, 4.69) is 27.4 Å². The maximum atomic E-state index is 13.6. The van der Waals surface area contributed by atoms with Gasteiger partial charge >= 0.3 is 6.09 Å². The third kappa shape index (κ3) is 2.68. The Morgan fingerprint density at radius 1 is 1.26 bits per heavy atom. The Morgan fingerprint density at radius 3 is 2.44 bits per heavy atom. The summed E-state index contributed by atoms with van der Waals surface area (Å²) in [5.41, 5.74) is 4.32. The van der Waals surface area contributed by atoms with Crippen molar-refractivity contribution in [3.05, 3.63) is 12.7 Å². The van der Waals surface area contributed by atoms with E-state index in [1.54, 1.807) is 13.2 Å². The first-order valence-corrected chi connectivity index (χ1v) is 10.2. The Balaban J connectivity index is 2.24. The minimum Gasteiger partial charge on any atom is -0.446 e. The number of allylic oxidation sites excluding steroid dienone is 1. The van der Waals surface area contributed by atoms with E-state index >= 15 is 0 Å². The second kappa shape index (κ2) is 6.61. The molecule has 8 atom stereocenters. The van der Waals surface area contributed by atoms with Gasteiger partial charge in [-0.15, -0.1) is 6.58 Å². The molecule has 0 unspecified atom stereocenters. The molecule has 0 aliphatic heterocycles. The number of ketones is 1. The molecule has 5 heteroatoms. The molecule has 27 heavy (non-hydrogen) atoms. The highest BCUT2D eigenvalue weighted by Gasteiger charge is 2.68. The summed E-state index contributed by atoms with van der Waals surface area (Å²) in [6.45, 7) is 12.5. The number of primary amides is 1. The minimum absolute atomic E-state index is 0.0695. The topological polar surface area (TPSA) is 78.6 Å². The van der Waals surface area contributed by atoms with Gasteiger partial charge in [0.15, 0.2) is 0 Å². The van der Waals surface area contributed by atoms with Crippen molar-refractivity contribution in [3.63, 3.8) is 0 Å². The van der Waals surface area contributed by atoms with Crippen LogP contribution in [0.5, 0.6) is 0 Å². The number of hydrogen-bond donors (Lipinski definition) is 1. The van der Waals surface area contributed by atoms with E-state index in [1.165, 1.54) is 0 Å². The van der Waals surface area contributed by atoms with Crippen LogP contribution in [0.4, 0.5) is 4.79 Å². The van der Waals surface area contributed by atoms with Crippen LogP contribution in [0.25, 0.3) is 0 Å². The van der Waals surface area contributed by atoms with E-state index in [-0.39, 0.29) is 34.6 Å². The van der Waals surface area contributed by atoms with E-state index in [9.17, 15) is 9.59 Å². The summed E-state index contributed by atoms with van der Waals surface area (Å²) in [6, 6.07) is 0. The number of ether oxygens (including phenoxy) is 2. The Bertz CT molecular complexity index is 648. The molecule has 0 saturated heterocycles. The molecule has 0 aromatic rings. The van der Waals surface area contributed by atoms with Crippen molar-refractivity contribution in [3.8, 4) is 0 Å². The molecule has 152 valence electrons. The summed E-state index contributed by atoms with van der Waals surface area (Å²) in [6.07, 6.45) is 4.97. The van der Waals surface area contributed by atoms with Crippen LogP contribution in [0, 0.1) is 34.0 Å². The molecule has 3 aliphatic rings. The van der Waals surface area contributed by atoms with Gasteiger partial charge in [0.1, 0.15) is 11.9 Å². The van der Waals surface area contributed by atoms with Crippen molar-refractivity contribution < 1.29 is 19.1 Å². The maximum absolute atomic E-state index is 13.6. The van der Waals surface area contributed by atoms with Crippen LogP contribution in [0.1, 0.15) is 59.8 Å². The summed E-state index contributed by atoms with van der Waals surface area (Å²) in [5, 5.41) is 0. The molecular weight excluding hydrogens is 342 g/mol. The van der Waals surface area contributed by atoms with Gasteiger partial charge in [-0.05, 0) is 43.9 Å². The Hall–Kier alpha value is -1.36. The van der Waals surface area contributed by atoms with Gasteiger partial charge in [-0.2, -0.15) is 0 Å². The molecule has 2 bridgehead atoms. The average molecular weight is 378 g/mol. The number of rotatable bonds is 3. The predicted molar refractivity (Wildman–Crippen MR) is 104 cm³/mol. The maximum Gasteiger partial charge on any atom is 0.404 e. The van der Waals surface area contributed by atoms with E-state index in [4.69, 9.17) is 15.2 Å². The van der Waals surface area contributed by atoms with Gasteiger partial charge < -0.3 is 15.2 Å². The zero-order valence-electron chi connectivity index (χ0n) is 17.4. The van der Waals surface area contributed by atoms with Gasteiger partial charge in [0.05, 0.1) is 6.10 Å².